The zero-order valence-electron chi connectivity index (χ0n) is 15.4. The molecular weight excluding hydrogens is 368 g/mol. The third kappa shape index (κ3) is 4.87. The van der Waals surface area contributed by atoms with Crippen LogP contribution in [0, 0.1) is 5.92 Å². The molecule has 0 radical (unpaired) electrons. The molecule has 0 N–H and O–H groups in total. The molecule has 0 bridgehead atoms. The van der Waals surface area contributed by atoms with Crippen molar-refractivity contribution in [2.45, 2.75) is 37.0 Å². The molecule has 3 rings (SSSR count). The molecule has 1 heterocycles. The first-order valence-corrected chi connectivity index (χ1v) is 10.9. The topological polar surface area (TPSA) is 84.0 Å². The van der Waals surface area contributed by atoms with E-state index in [-0.39, 0.29) is 42.4 Å². The second kappa shape index (κ2) is 8.84. The van der Waals surface area contributed by atoms with Crippen molar-refractivity contribution in [2.24, 2.45) is 5.92 Å². The average molecular weight is 394 g/mol. The summed E-state index contributed by atoms with van der Waals surface area (Å²) in [5, 5.41) is 0. The molecule has 1 aliphatic carbocycles. The third-order valence-electron chi connectivity index (χ3n) is 5.25. The van der Waals surface area contributed by atoms with Crippen LogP contribution in [-0.4, -0.2) is 62.3 Å². The van der Waals surface area contributed by atoms with Crippen LogP contribution < -0.4 is 0 Å². The molecule has 8 heteroatoms. The second-order valence-electron chi connectivity index (χ2n) is 7.04. The molecule has 0 spiro atoms. The van der Waals surface area contributed by atoms with Crippen molar-refractivity contribution >= 4 is 21.9 Å². The molecule has 0 unspecified atom stereocenters. The van der Waals surface area contributed by atoms with Gasteiger partial charge in [0.2, 0.25) is 10.0 Å². The Morgan fingerprint density at radius 2 is 1.59 bits per heavy atom. The van der Waals surface area contributed by atoms with Gasteiger partial charge in [-0.1, -0.05) is 37.5 Å². The number of carbonyl (C=O) groups excluding carboxylic acids is 2. The van der Waals surface area contributed by atoms with Crippen LogP contribution in [0.5, 0.6) is 0 Å². The van der Waals surface area contributed by atoms with E-state index >= 15 is 0 Å². The van der Waals surface area contributed by atoms with Gasteiger partial charge in [0.05, 0.1) is 10.8 Å². The number of hydrogen-bond acceptors (Lipinski definition) is 5. The fraction of sp³-hybridized carbons (Fsp3) is 0.579. The Hall–Kier alpha value is -1.93. The van der Waals surface area contributed by atoms with E-state index in [4.69, 9.17) is 4.74 Å². The molecule has 1 aromatic rings. The fourth-order valence-corrected chi connectivity index (χ4v) is 5.04. The third-order valence-corrected chi connectivity index (χ3v) is 7.16. The lowest BCUT2D eigenvalue weighted by atomic mass is 9.89. The summed E-state index contributed by atoms with van der Waals surface area (Å²) >= 11 is 0. The quantitative estimate of drug-likeness (QED) is 0.709. The van der Waals surface area contributed by atoms with Gasteiger partial charge in [-0.15, -0.1) is 0 Å². The van der Waals surface area contributed by atoms with Crippen LogP contribution in [-0.2, 0) is 24.3 Å². The zero-order valence-corrected chi connectivity index (χ0v) is 16.2. The minimum Gasteiger partial charge on any atom is -0.455 e. The number of benzene rings is 1. The van der Waals surface area contributed by atoms with Crippen molar-refractivity contribution in [3.8, 4) is 0 Å². The first kappa shape index (κ1) is 19.8. The Labute approximate surface area is 160 Å². The highest BCUT2D eigenvalue weighted by Crippen LogP contribution is 2.24. The predicted molar refractivity (Wildman–Crippen MR) is 99.3 cm³/mol. The summed E-state index contributed by atoms with van der Waals surface area (Å²) in [5.41, 5.74) is 0. The summed E-state index contributed by atoms with van der Waals surface area (Å²) < 4.78 is 31.8. The van der Waals surface area contributed by atoms with Gasteiger partial charge in [0.15, 0.2) is 6.61 Å². The molecule has 1 amide bonds. The van der Waals surface area contributed by atoms with Crippen LogP contribution in [0.15, 0.2) is 35.2 Å². The van der Waals surface area contributed by atoms with E-state index in [0.717, 1.165) is 32.1 Å². The van der Waals surface area contributed by atoms with Crippen LogP contribution in [0.25, 0.3) is 0 Å². The van der Waals surface area contributed by atoms with Crippen molar-refractivity contribution in [1.29, 1.82) is 0 Å². The van der Waals surface area contributed by atoms with Gasteiger partial charge in [-0.05, 0) is 25.0 Å². The molecule has 0 atom stereocenters. The highest BCUT2D eigenvalue weighted by atomic mass is 32.2. The lowest BCUT2D eigenvalue weighted by Crippen LogP contribution is -2.51. The van der Waals surface area contributed by atoms with Crippen LogP contribution in [0.4, 0.5) is 0 Å². The Morgan fingerprint density at radius 3 is 2.22 bits per heavy atom. The highest BCUT2D eigenvalue weighted by Gasteiger charge is 2.30. The van der Waals surface area contributed by atoms with Gasteiger partial charge in [0, 0.05) is 26.2 Å². The summed E-state index contributed by atoms with van der Waals surface area (Å²) in [6.07, 6.45) is 4.89. The van der Waals surface area contributed by atoms with Gasteiger partial charge in [-0.25, -0.2) is 8.42 Å². The lowest BCUT2D eigenvalue weighted by Gasteiger charge is -2.34. The fourth-order valence-electron chi connectivity index (χ4n) is 3.60. The van der Waals surface area contributed by atoms with Crippen molar-refractivity contribution in [3.05, 3.63) is 30.3 Å². The number of hydrogen-bond donors (Lipinski definition) is 0. The SMILES string of the molecule is O=C(OCC(=O)N1CCN(S(=O)(=O)c2ccccc2)CC1)C1CCCCC1. The number of rotatable bonds is 5. The van der Waals surface area contributed by atoms with Gasteiger partial charge < -0.3 is 9.64 Å². The molecular formula is C19H26N2O5S. The van der Waals surface area contributed by atoms with Gasteiger partial charge in [0.1, 0.15) is 0 Å². The minimum atomic E-state index is -3.54. The maximum Gasteiger partial charge on any atom is 0.309 e. The Bertz CT molecular complexity index is 752. The number of ether oxygens (including phenoxy) is 1. The van der Waals surface area contributed by atoms with Gasteiger partial charge in [-0.3, -0.25) is 9.59 Å². The van der Waals surface area contributed by atoms with Crippen LogP contribution in [0.2, 0.25) is 0 Å². The van der Waals surface area contributed by atoms with E-state index in [1.54, 1.807) is 35.2 Å². The maximum absolute atomic E-state index is 12.6. The Kier molecular flexibility index (Phi) is 6.49. The molecule has 27 heavy (non-hydrogen) atoms. The number of nitrogens with zero attached hydrogens (tertiary/aromatic N) is 2. The van der Waals surface area contributed by atoms with Crippen molar-refractivity contribution in [1.82, 2.24) is 9.21 Å². The van der Waals surface area contributed by atoms with Crippen molar-refractivity contribution in [3.63, 3.8) is 0 Å². The lowest BCUT2D eigenvalue weighted by molar-refractivity contribution is -0.156. The van der Waals surface area contributed by atoms with Gasteiger partial charge in [0.25, 0.3) is 5.91 Å². The maximum atomic E-state index is 12.6. The van der Waals surface area contributed by atoms with Crippen LogP contribution >= 0.6 is 0 Å². The molecule has 7 nitrogen and oxygen atoms in total. The molecule has 2 aliphatic rings. The normalized spacial score (nSPS) is 19.6. The monoisotopic (exact) mass is 394 g/mol. The van der Waals surface area contributed by atoms with E-state index in [0.29, 0.717) is 13.1 Å². The molecule has 1 saturated heterocycles. The van der Waals surface area contributed by atoms with E-state index in [9.17, 15) is 18.0 Å². The first-order chi connectivity index (χ1) is 13.0. The predicted octanol–water partition coefficient (Wildman–Crippen LogP) is 1.64. The number of piperazine rings is 1. The summed E-state index contributed by atoms with van der Waals surface area (Å²) in [6, 6.07) is 8.28. The summed E-state index contributed by atoms with van der Waals surface area (Å²) in [6.45, 7) is 0.803. The van der Waals surface area contributed by atoms with E-state index < -0.39 is 10.0 Å². The van der Waals surface area contributed by atoms with Crippen LogP contribution in [0.1, 0.15) is 32.1 Å². The Morgan fingerprint density at radius 1 is 0.963 bits per heavy atom. The second-order valence-corrected chi connectivity index (χ2v) is 8.98. The molecule has 1 saturated carbocycles. The Balaban J connectivity index is 1.47. The first-order valence-electron chi connectivity index (χ1n) is 9.48. The molecule has 1 aromatic carbocycles. The van der Waals surface area contributed by atoms with E-state index in [1.165, 1.54) is 4.31 Å². The average Bonchev–Trinajstić information content (AvgIpc) is 2.73. The van der Waals surface area contributed by atoms with Gasteiger partial charge >= 0.3 is 5.97 Å². The van der Waals surface area contributed by atoms with E-state index in [2.05, 4.69) is 0 Å². The molecule has 0 aromatic heterocycles. The van der Waals surface area contributed by atoms with Crippen molar-refractivity contribution in [2.75, 3.05) is 32.8 Å². The summed E-state index contributed by atoms with van der Waals surface area (Å²) in [5.74, 6) is -0.635. The highest BCUT2D eigenvalue weighted by molar-refractivity contribution is 7.89. The summed E-state index contributed by atoms with van der Waals surface area (Å²) in [7, 11) is -3.54. The number of esters is 1. The molecule has 1 aliphatic heterocycles. The van der Waals surface area contributed by atoms with Gasteiger partial charge in [-0.2, -0.15) is 4.31 Å². The smallest absolute Gasteiger partial charge is 0.309 e. The molecule has 148 valence electrons. The number of carbonyl (C=O) groups is 2. The van der Waals surface area contributed by atoms with E-state index in [1.807, 2.05) is 0 Å². The van der Waals surface area contributed by atoms with Crippen LogP contribution in [0.3, 0.4) is 0 Å². The minimum absolute atomic E-state index is 0.0839. The number of amides is 1. The number of sulfonamides is 1. The zero-order chi connectivity index (χ0) is 19.3. The largest absolute Gasteiger partial charge is 0.455 e. The standard InChI is InChI=1S/C19H26N2O5S/c22-18(15-26-19(23)16-7-3-1-4-8-16)20-11-13-21(14-12-20)27(24,25)17-9-5-2-6-10-17/h2,5-6,9-10,16H,1,3-4,7-8,11-15H2. The van der Waals surface area contributed by atoms with Crippen molar-refractivity contribution < 1.29 is 22.7 Å². The summed E-state index contributed by atoms with van der Waals surface area (Å²) in [4.78, 5) is 26.2. The molecule has 2 fully saturated rings.